The number of thioether (sulfide) groups is 1. The van der Waals surface area contributed by atoms with Gasteiger partial charge < -0.3 is 19.3 Å². The number of ether oxygens (including phenoxy) is 3. The predicted molar refractivity (Wildman–Crippen MR) is 65.0 cm³/mol. The van der Waals surface area contributed by atoms with Gasteiger partial charge in [-0.15, -0.1) is 0 Å². The number of methoxy groups -OCH3 is 1. The van der Waals surface area contributed by atoms with Crippen molar-refractivity contribution >= 4 is 16.9 Å². The molecule has 0 amide bonds. The molecule has 1 aliphatic heterocycles. The van der Waals surface area contributed by atoms with E-state index in [1.807, 2.05) is 0 Å². The molecule has 1 heterocycles. The van der Waals surface area contributed by atoms with Crippen molar-refractivity contribution in [2.24, 2.45) is 0 Å². The summed E-state index contributed by atoms with van der Waals surface area (Å²) in [4.78, 5) is 11.4. The third-order valence-electron chi connectivity index (χ3n) is 2.46. The topological polar surface area (TPSA) is 65.0 Å². The minimum absolute atomic E-state index is 0.101. The highest BCUT2D eigenvalue weighted by atomic mass is 32.2. The zero-order chi connectivity index (χ0) is 12.9. The van der Waals surface area contributed by atoms with Gasteiger partial charge in [-0.05, 0) is 13.8 Å². The largest absolute Gasteiger partial charge is 0.510 e. The smallest absolute Gasteiger partial charge is 0.219 e. The van der Waals surface area contributed by atoms with Crippen molar-refractivity contribution in [3.63, 3.8) is 0 Å². The molecule has 0 saturated heterocycles. The molecule has 17 heavy (non-hydrogen) atoms. The van der Waals surface area contributed by atoms with Gasteiger partial charge >= 0.3 is 0 Å². The molecule has 0 saturated carbocycles. The minimum atomic E-state index is -0.689. The molecule has 0 bridgehead atoms. The molecule has 1 aliphatic rings. The molecule has 5 nitrogen and oxygen atoms in total. The lowest BCUT2D eigenvalue weighted by molar-refractivity contribution is -0.107. The highest BCUT2D eigenvalue weighted by Gasteiger charge is 2.42. The van der Waals surface area contributed by atoms with Crippen LogP contribution in [0.3, 0.4) is 0 Å². The van der Waals surface area contributed by atoms with Crippen LogP contribution in [0.2, 0.25) is 0 Å². The van der Waals surface area contributed by atoms with Gasteiger partial charge in [0, 0.05) is 12.7 Å². The third-order valence-corrected chi connectivity index (χ3v) is 3.71. The van der Waals surface area contributed by atoms with Gasteiger partial charge in [0.25, 0.3) is 0 Å². The van der Waals surface area contributed by atoms with Crippen molar-refractivity contribution in [2.75, 3.05) is 33.7 Å². The van der Waals surface area contributed by atoms with E-state index in [1.54, 1.807) is 21.0 Å². The Bertz CT molecular complexity index is 315. The summed E-state index contributed by atoms with van der Waals surface area (Å²) in [5.41, 5.74) is 0.404. The average Bonchev–Trinajstić information content (AvgIpc) is 2.48. The first-order chi connectivity index (χ1) is 8.01. The maximum Gasteiger partial charge on any atom is 0.219 e. The molecule has 6 heteroatoms. The van der Waals surface area contributed by atoms with Gasteiger partial charge in [-0.25, -0.2) is 0 Å². The monoisotopic (exact) mass is 262 g/mol. The Hall–Kier alpha value is -0.560. The summed E-state index contributed by atoms with van der Waals surface area (Å²) in [5, 5.41) is 9.72. The number of carbonyl (C=O) groups excluding carboxylic acids is 1. The van der Waals surface area contributed by atoms with Gasteiger partial charge in [0.1, 0.15) is 17.3 Å². The Labute approximate surface area is 105 Å². The molecule has 0 aromatic heterocycles. The van der Waals surface area contributed by atoms with Gasteiger partial charge in [0.2, 0.25) is 5.12 Å². The van der Waals surface area contributed by atoms with Gasteiger partial charge in [0.15, 0.2) is 0 Å². The van der Waals surface area contributed by atoms with E-state index in [1.165, 1.54) is 0 Å². The van der Waals surface area contributed by atoms with Crippen molar-refractivity contribution in [3.8, 4) is 0 Å². The van der Waals surface area contributed by atoms with Gasteiger partial charge in [-0.2, -0.15) is 0 Å². The van der Waals surface area contributed by atoms with Crippen molar-refractivity contribution in [3.05, 3.63) is 11.3 Å². The molecule has 0 aliphatic carbocycles. The third kappa shape index (κ3) is 3.70. The van der Waals surface area contributed by atoms with Crippen LogP contribution in [-0.2, 0) is 19.0 Å². The van der Waals surface area contributed by atoms with Crippen molar-refractivity contribution in [1.29, 1.82) is 0 Å². The zero-order valence-corrected chi connectivity index (χ0v) is 11.1. The molecule has 98 valence electrons. The first-order valence-corrected chi connectivity index (χ1v) is 6.11. The Kier molecular flexibility index (Phi) is 5.45. The molecule has 1 N–H and O–H groups in total. The van der Waals surface area contributed by atoms with E-state index < -0.39 is 4.75 Å². The number of aliphatic hydroxyl groups is 1. The Morgan fingerprint density at radius 3 is 2.59 bits per heavy atom. The van der Waals surface area contributed by atoms with Crippen LogP contribution in [0.25, 0.3) is 0 Å². The second-order valence-corrected chi connectivity index (χ2v) is 5.44. The average molecular weight is 262 g/mol. The number of hydrogen-bond acceptors (Lipinski definition) is 6. The second-order valence-electron chi connectivity index (χ2n) is 3.96. The van der Waals surface area contributed by atoms with Crippen molar-refractivity contribution < 1.29 is 24.1 Å². The standard InChI is InChI=1S/C11H18O5S/c1-8-9(12)11(2,17-10(8)13)6-16-7-15-5-4-14-3/h12H,4-7H2,1-3H3/t11-/m0/s1. The summed E-state index contributed by atoms with van der Waals surface area (Å²) in [6, 6.07) is 0. The van der Waals surface area contributed by atoms with Crippen LogP contribution in [0, 0.1) is 0 Å². The van der Waals surface area contributed by atoms with E-state index in [0.29, 0.717) is 18.8 Å². The summed E-state index contributed by atoms with van der Waals surface area (Å²) >= 11 is 1.08. The number of aliphatic hydroxyl groups excluding tert-OH is 1. The number of rotatable bonds is 7. The summed E-state index contributed by atoms with van der Waals surface area (Å²) < 4.78 is 14.5. The van der Waals surface area contributed by atoms with Crippen LogP contribution < -0.4 is 0 Å². The Morgan fingerprint density at radius 2 is 2.06 bits per heavy atom. The number of carbonyl (C=O) groups is 1. The van der Waals surface area contributed by atoms with E-state index in [9.17, 15) is 9.90 Å². The summed E-state index contributed by atoms with van der Waals surface area (Å²) in [5.74, 6) is 0.101. The van der Waals surface area contributed by atoms with Crippen LogP contribution in [0.5, 0.6) is 0 Å². The molecule has 0 unspecified atom stereocenters. The number of hydrogen-bond donors (Lipinski definition) is 1. The fourth-order valence-electron chi connectivity index (χ4n) is 1.42. The van der Waals surface area contributed by atoms with Gasteiger partial charge in [0.05, 0.1) is 19.8 Å². The zero-order valence-electron chi connectivity index (χ0n) is 10.3. The van der Waals surface area contributed by atoms with E-state index in [4.69, 9.17) is 14.2 Å². The molecule has 1 rings (SSSR count). The quantitative estimate of drug-likeness (QED) is 0.554. The van der Waals surface area contributed by atoms with Crippen LogP contribution in [0.1, 0.15) is 13.8 Å². The molecule has 0 aromatic carbocycles. The van der Waals surface area contributed by atoms with E-state index in [0.717, 1.165) is 11.8 Å². The Balaban J connectivity index is 2.30. The van der Waals surface area contributed by atoms with Crippen LogP contribution in [0.4, 0.5) is 0 Å². The van der Waals surface area contributed by atoms with Crippen LogP contribution in [0.15, 0.2) is 11.3 Å². The lowest BCUT2D eigenvalue weighted by atomic mass is 10.1. The fourth-order valence-corrected chi connectivity index (χ4v) is 2.47. The van der Waals surface area contributed by atoms with Crippen molar-refractivity contribution in [1.82, 2.24) is 0 Å². The molecular weight excluding hydrogens is 244 g/mol. The lowest BCUT2D eigenvalue weighted by Crippen LogP contribution is -2.28. The molecule has 0 radical (unpaired) electrons. The van der Waals surface area contributed by atoms with Crippen molar-refractivity contribution in [2.45, 2.75) is 18.6 Å². The normalized spacial score (nSPS) is 24.8. The fraction of sp³-hybridized carbons (Fsp3) is 0.727. The van der Waals surface area contributed by atoms with Crippen LogP contribution in [-0.4, -0.2) is 48.7 Å². The van der Waals surface area contributed by atoms with Crippen LogP contribution >= 0.6 is 11.8 Å². The molecule has 0 aromatic rings. The lowest BCUT2D eigenvalue weighted by Gasteiger charge is -2.22. The first kappa shape index (κ1) is 14.5. The van der Waals surface area contributed by atoms with E-state index >= 15 is 0 Å². The van der Waals surface area contributed by atoms with Gasteiger partial charge in [-0.1, -0.05) is 11.8 Å². The predicted octanol–water partition coefficient (Wildman–Crippen LogP) is 1.49. The summed E-state index contributed by atoms with van der Waals surface area (Å²) in [7, 11) is 1.59. The molecule has 1 atom stereocenters. The maximum atomic E-state index is 11.4. The van der Waals surface area contributed by atoms with E-state index in [2.05, 4.69) is 0 Å². The molecular formula is C11H18O5S. The van der Waals surface area contributed by atoms with Gasteiger partial charge in [-0.3, -0.25) is 4.79 Å². The second kappa shape index (κ2) is 6.39. The first-order valence-electron chi connectivity index (χ1n) is 5.29. The summed E-state index contributed by atoms with van der Waals surface area (Å²) in [6.07, 6.45) is 0. The SMILES string of the molecule is COCCOCOC[C@]1(C)SC(=O)C(C)=C1O. The highest BCUT2D eigenvalue weighted by Crippen LogP contribution is 2.42. The minimum Gasteiger partial charge on any atom is -0.510 e. The summed E-state index contributed by atoms with van der Waals surface area (Å²) in [6.45, 7) is 4.72. The molecule has 0 spiro atoms. The highest BCUT2D eigenvalue weighted by molar-refractivity contribution is 8.15. The van der Waals surface area contributed by atoms with E-state index in [-0.39, 0.29) is 24.3 Å². The maximum absolute atomic E-state index is 11.4. The Morgan fingerprint density at radius 1 is 1.35 bits per heavy atom. The molecule has 0 fully saturated rings.